The number of nitriles is 1. The number of aromatic nitrogens is 2. The summed E-state index contributed by atoms with van der Waals surface area (Å²) in [6, 6.07) is 9.56. The minimum atomic E-state index is 0.661. The van der Waals surface area contributed by atoms with E-state index in [9.17, 15) is 0 Å². The highest BCUT2D eigenvalue weighted by Gasteiger charge is 2.20. The zero-order valence-corrected chi connectivity index (χ0v) is 15.1. The molecule has 3 heteroatoms. The van der Waals surface area contributed by atoms with Gasteiger partial charge in [0.2, 0.25) is 0 Å². The smallest absolute Gasteiger partial charge is 0.159 e. The molecule has 0 spiro atoms. The molecule has 1 heterocycles. The van der Waals surface area contributed by atoms with Crippen LogP contribution in [-0.2, 0) is 6.42 Å². The molecule has 0 unspecified atom stereocenters. The Bertz CT molecular complexity index is 690. The summed E-state index contributed by atoms with van der Waals surface area (Å²) in [4.78, 5) is 9.02. The molecule has 2 aromatic rings. The van der Waals surface area contributed by atoms with E-state index in [-0.39, 0.29) is 0 Å². The molecule has 1 aliphatic rings. The van der Waals surface area contributed by atoms with Gasteiger partial charge in [-0.05, 0) is 54.5 Å². The third kappa shape index (κ3) is 4.89. The summed E-state index contributed by atoms with van der Waals surface area (Å²) < 4.78 is 0. The Hall–Kier alpha value is -2.21. The molecule has 1 aromatic carbocycles. The molecular formula is C22H27N3. The van der Waals surface area contributed by atoms with Crippen molar-refractivity contribution in [2.75, 3.05) is 0 Å². The molecule has 0 amide bonds. The van der Waals surface area contributed by atoms with Crippen molar-refractivity contribution in [2.45, 2.75) is 58.3 Å². The topological polar surface area (TPSA) is 49.6 Å². The van der Waals surface area contributed by atoms with Crippen molar-refractivity contribution in [3.8, 4) is 17.5 Å². The number of hydrogen-bond acceptors (Lipinski definition) is 3. The maximum absolute atomic E-state index is 8.86. The van der Waals surface area contributed by atoms with Crippen molar-refractivity contribution in [3.05, 3.63) is 47.8 Å². The summed E-state index contributed by atoms with van der Waals surface area (Å²) in [7, 11) is 0. The first-order chi connectivity index (χ1) is 12.3. The van der Waals surface area contributed by atoms with Gasteiger partial charge in [-0.1, -0.05) is 45.4 Å². The van der Waals surface area contributed by atoms with Crippen LogP contribution in [0, 0.1) is 23.2 Å². The predicted molar refractivity (Wildman–Crippen MR) is 101 cm³/mol. The van der Waals surface area contributed by atoms with Crippen LogP contribution in [0.3, 0.4) is 0 Å². The average molecular weight is 333 g/mol. The summed E-state index contributed by atoms with van der Waals surface area (Å²) >= 11 is 0. The molecule has 0 bridgehead atoms. The molecular weight excluding hydrogens is 306 g/mol. The molecule has 1 aromatic heterocycles. The molecule has 0 aliphatic heterocycles. The van der Waals surface area contributed by atoms with Crippen LogP contribution in [0.25, 0.3) is 11.4 Å². The second-order valence-electron chi connectivity index (χ2n) is 7.32. The highest BCUT2D eigenvalue weighted by Crippen LogP contribution is 2.33. The Balaban J connectivity index is 1.50. The van der Waals surface area contributed by atoms with Gasteiger partial charge in [0.1, 0.15) is 0 Å². The van der Waals surface area contributed by atoms with Crippen molar-refractivity contribution in [3.63, 3.8) is 0 Å². The highest BCUT2D eigenvalue weighted by atomic mass is 14.9. The van der Waals surface area contributed by atoms with Crippen LogP contribution in [0.1, 0.15) is 63.0 Å². The third-order valence-electron chi connectivity index (χ3n) is 5.48. The van der Waals surface area contributed by atoms with Gasteiger partial charge in [0, 0.05) is 18.0 Å². The molecule has 1 aliphatic carbocycles. The van der Waals surface area contributed by atoms with Crippen LogP contribution < -0.4 is 0 Å². The van der Waals surface area contributed by atoms with Crippen molar-refractivity contribution < 1.29 is 0 Å². The van der Waals surface area contributed by atoms with E-state index < -0.39 is 0 Å². The average Bonchev–Trinajstić information content (AvgIpc) is 2.68. The van der Waals surface area contributed by atoms with E-state index in [1.54, 1.807) is 0 Å². The number of rotatable bonds is 6. The summed E-state index contributed by atoms with van der Waals surface area (Å²) in [5, 5.41) is 8.86. The van der Waals surface area contributed by atoms with Gasteiger partial charge in [0.25, 0.3) is 0 Å². The lowest BCUT2D eigenvalue weighted by atomic mass is 9.78. The first-order valence-corrected chi connectivity index (χ1v) is 9.60. The Kier molecular flexibility index (Phi) is 6.17. The molecule has 130 valence electrons. The third-order valence-corrected chi connectivity index (χ3v) is 5.48. The Morgan fingerprint density at radius 2 is 1.56 bits per heavy atom. The summed E-state index contributed by atoms with van der Waals surface area (Å²) in [6.07, 6.45) is 14.7. The van der Waals surface area contributed by atoms with Crippen LogP contribution in [0.2, 0.25) is 0 Å². The van der Waals surface area contributed by atoms with Crippen LogP contribution in [0.4, 0.5) is 0 Å². The fraction of sp³-hybridized carbons (Fsp3) is 0.500. The van der Waals surface area contributed by atoms with Gasteiger partial charge < -0.3 is 0 Å². The number of aryl methyl sites for hydroxylation is 1. The lowest BCUT2D eigenvalue weighted by molar-refractivity contribution is 0.252. The highest BCUT2D eigenvalue weighted by molar-refractivity contribution is 5.56. The summed E-state index contributed by atoms with van der Waals surface area (Å²) in [5.74, 6) is 2.59. The van der Waals surface area contributed by atoms with E-state index in [1.165, 1.54) is 50.5 Å². The van der Waals surface area contributed by atoms with E-state index in [0.717, 1.165) is 29.6 Å². The maximum Gasteiger partial charge on any atom is 0.159 e. The van der Waals surface area contributed by atoms with Gasteiger partial charge >= 0.3 is 0 Å². The molecule has 1 fully saturated rings. The van der Waals surface area contributed by atoms with E-state index in [4.69, 9.17) is 5.26 Å². The van der Waals surface area contributed by atoms with Gasteiger partial charge in [-0.3, -0.25) is 0 Å². The lowest BCUT2D eigenvalue weighted by Crippen LogP contribution is -2.15. The zero-order chi connectivity index (χ0) is 17.5. The largest absolute Gasteiger partial charge is 0.236 e. The van der Waals surface area contributed by atoms with Gasteiger partial charge in [-0.2, -0.15) is 5.26 Å². The van der Waals surface area contributed by atoms with Gasteiger partial charge in [-0.15, -0.1) is 0 Å². The maximum atomic E-state index is 8.86. The van der Waals surface area contributed by atoms with Crippen LogP contribution in [0.15, 0.2) is 36.7 Å². The van der Waals surface area contributed by atoms with Crippen molar-refractivity contribution >= 4 is 0 Å². The van der Waals surface area contributed by atoms with Gasteiger partial charge in [0.15, 0.2) is 5.82 Å². The summed E-state index contributed by atoms with van der Waals surface area (Å²) in [6.45, 7) is 2.30. The Morgan fingerprint density at radius 1 is 0.960 bits per heavy atom. The number of hydrogen-bond donors (Lipinski definition) is 0. The molecule has 0 saturated heterocycles. The predicted octanol–water partition coefficient (Wildman–Crippen LogP) is 5.55. The van der Waals surface area contributed by atoms with Crippen molar-refractivity contribution in [2.24, 2.45) is 11.8 Å². The van der Waals surface area contributed by atoms with Gasteiger partial charge in [0.05, 0.1) is 11.6 Å². The quantitative estimate of drug-likeness (QED) is 0.696. The normalized spacial score (nSPS) is 20.2. The van der Waals surface area contributed by atoms with Gasteiger partial charge in [-0.25, -0.2) is 9.97 Å². The Labute approximate surface area is 151 Å². The lowest BCUT2D eigenvalue weighted by Gasteiger charge is -2.28. The number of benzene rings is 1. The van der Waals surface area contributed by atoms with Crippen LogP contribution >= 0.6 is 0 Å². The van der Waals surface area contributed by atoms with E-state index in [0.29, 0.717) is 5.56 Å². The Morgan fingerprint density at radius 3 is 2.12 bits per heavy atom. The molecule has 3 rings (SSSR count). The molecule has 0 radical (unpaired) electrons. The van der Waals surface area contributed by atoms with Crippen LogP contribution in [-0.4, -0.2) is 9.97 Å². The minimum absolute atomic E-state index is 0.661. The molecule has 1 saturated carbocycles. The zero-order valence-electron chi connectivity index (χ0n) is 15.1. The molecule has 0 atom stereocenters. The van der Waals surface area contributed by atoms with Crippen molar-refractivity contribution in [1.29, 1.82) is 5.26 Å². The molecule has 3 nitrogen and oxygen atoms in total. The monoisotopic (exact) mass is 333 g/mol. The number of nitrogens with zero attached hydrogens (tertiary/aromatic N) is 3. The standard InChI is InChI=1S/C22H27N3/c1-2-3-17-4-6-18(7-5-17)8-9-20-15-24-22(25-16-20)21-12-10-19(14-23)11-13-21/h10-13,15-18H,2-9H2,1H3/t17-,18-. The summed E-state index contributed by atoms with van der Waals surface area (Å²) in [5.41, 5.74) is 2.85. The second-order valence-corrected chi connectivity index (χ2v) is 7.32. The molecule has 0 N–H and O–H groups in total. The molecule has 25 heavy (non-hydrogen) atoms. The van der Waals surface area contributed by atoms with E-state index >= 15 is 0 Å². The first kappa shape index (κ1) is 17.6. The van der Waals surface area contributed by atoms with E-state index in [2.05, 4.69) is 23.0 Å². The minimum Gasteiger partial charge on any atom is -0.236 e. The van der Waals surface area contributed by atoms with Crippen molar-refractivity contribution in [1.82, 2.24) is 9.97 Å². The fourth-order valence-electron chi connectivity index (χ4n) is 3.91. The second kappa shape index (κ2) is 8.76. The van der Waals surface area contributed by atoms with Crippen LogP contribution in [0.5, 0.6) is 0 Å². The van der Waals surface area contributed by atoms with E-state index in [1.807, 2.05) is 36.7 Å². The SMILES string of the molecule is CCC[C@H]1CC[C@H](CCc2cnc(-c3ccc(C#N)cc3)nc2)CC1. The first-order valence-electron chi connectivity index (χ1n) is 9.60. The fourth-order valence-corrected chi connectivity index (χ4v) is 3.91.